The third kappa shape index (κ3) is 4.90. The lowest BCUT2D eigenvalue weighted by atomic mass is 9.90. The molecule has 27 heavy (non-hydrogen) atoms. The van der Waals surface area contributed by atoms with Crippen molar-refractivity contribution in [3.05, 3.63) is 23.8 Å². The van der Waals surface area contributed by atoms with Crippen LogP contribution in [0.2, 0.25) is 0 Å². The lowest BCUT2D eigenvalue weighted by Crippen LogP contribution is -2.58. The predicted octanol–water partition coefficient (Wildman–Crippen LogP) is 0.235. The maximum Gasteiger partial charge on any atom is 0.256 e. The van der Waals surface area contributed by atoms with Gasteiger partial charge in [0.25, 0.3) is 5.91 Å². The lowest BCUT2D eigenvalue weighted by molar-refractivity contribution is -0.160. The Balaban J connectivity index is 2.13. The molecule has 0 bridgehead atoms. The molecule has 1 aromatic carbocycles. The van der Waals surface area contributed by atoms with Crippen LogP contribution in [-0.2, 0) is 16.1 Å². The Morgan fingerprint density at radius 1 is 1.37 bits per heavy atom. The summed E-state index contributed by atoms with van der Waals surface area (Å²) in [5.74, 6) is 0.684. The third-order valence-corrected chi connectivity index (χ3v) is 4.77. The fourth-order valence-electron chi connectivity index (χ4n) is 3.47. The summed E-state index contributed by atoms with van der Waals surface area (Å²) in [4.78, 5) is 27.8. The van der Waals surface area contributed by atoms with Gasteiger partial charge in [0, 0.05) is 32.2 Å². The van der Waals surface area contributed by atoms with E-state index in [1.54, 1.807) is 44.2 Å². The number of amides is 2. The monoisotopic (exact) mass is 379 g/mol. The zero-order valence-electron chi connectivity index (χ0n) is 16.4. The van der Waals surface area contributed by atoms with Gasteiger partial charge in [-0.2, -0.15) is 0 Å². The number of likely N-dealkylation sites (N-methyl/N-ethyl adjacent to an activating group) is 2. The highest BCUT2D eigenvalue weighted by Crippen LogP contribution is 2.33. The molecule has 2 N–H and O–H groups in total. The second-order valence-electron chi connectivity index (χ2n) is 6.86. The summed E-state index contributed by atoms with van der Waals surface area (Å²) in [6, 6.07) is 5.51. The quantitative estimate of drug-likeness (QED) is 0.672. The normalized spacial score (nSPS) is 19.9. The molecule has 1 saturated heterocycles. The Morgan fingerprint density at radius 3 is 2.74 bits per heavy atom. The van der Waals surface area contributed by atoms with Crippen LogP contribution in [0.1, 0.15) is 18.4 Å². The number of carbonyl (C=O) groups is 2. The van der Waals surface area contributed by atoms with Gasteiger partial charge in [-0.25, -0.2) is 0 Å². The van der Waals surface area contributed by atoms with Crippen molar-refractivity contribution in [3.63, 3.8) is 0 Å². The lowest BCUT2D eigenvalue weighted by Gasteiger charge is -2.40. The van der Waals surface area contributed by atoms with Gasteiger partial charge in [0.2, 0.25) is 5.91 Å². The van der Waals surface area contributed by atoms with E-state index in [0.29, 0.717) is 37.4 Å². The molecule has 0 spiro atoms. The first-order chi connectivity index (χ1) is 12.8. The van der Waals surface area contributed by atoms with Crippen LogP contribution in [-0.4, -0.2) is 80.3 Å². The number of nitrogens with zero attached hydrogens (tertiary/aromatic N) is 2. The van der Waals surface area contributed by atoms with Crippen molar-refractivity contribution in [1.82, 2.24) is 15.1 Å². The number of methoxy groups -OCH3 is 2. The van der Waals surface area contributed by atoms with Crippen LogP contribution in [0.4, 0.5) is 0 Å². The van der Waals surface area contributed by atoms with Gasteiger partial charge in [-0.05, 0) is 26.0 Å². The van der Waals surface area contributed by atoms with E-state index in [4.69, 9.17) is 9.47 Å². The Bertz CT molecular complexity index is 681. The Hall–Kier alpha value is -2.32. The maximum absolute atomic E-state index is 13.0. The SMILES string of the molecule is CNC(=O)CN(C)C[C@@]1(O)CCCN(Cc2cccc(OC)c2OC)C1=O. The number of nitrogens with one attached hydrogen (secondary N) is 1. The third-order valence-electron chi connectivity index (χ3n) is 4.77. The van der Waals surface area contributed by atoms with E-state index < -0.39 is 5.60 Å². The summed E-state index contributed by atoms with van der Waals surface area (Å²) in [5, 5.41) is 13.5. The van der Waals surface area contributed by atoms with Crippen molar-refractivity contribution in [2.24, 2.45) is 0 Å². The van der Waals surface area contributed by atoms with Crippen LogP contribution >= 0.6 is 0 Å². The van der Waals surface area contributed by atoms with Crippen LogP contribution in [0.25, 0.3) is 0 Å². The largest absolute Gasteiger partial charge is 0.493 e. The minimum atomic E-state index is -1.51. The number of hydrogen-bond acceptors (Lipinski definition) is 6. The van der Waals surface area contributed by atoms with Crippen LogP contribution in [0.5, 0.6) is 11.5 Å². The first-order valence-corrected chi connectivity index (χ1v) is 8.95. The fourth-order valence-corrected chi connectivity index (χ4v) is 3.47. The van der Waals surface area contributed by atoms with Gasteiger partial charge in [-0.15, -0.1) is 0 Å². The molecule has 8 nitrogen and oxygen atoms in total. The smallest absolute Gasteiger partial charge is 0.256 e. The summed E-state index contributed by atoms with van der Waals surface area (Å²) in [7, 11) is 6.39. The fraction of sp³-hybridized carbons (Fsp3) is 0.579. The molecular weight excluding hydrogens is 350 g/mol. The van der Waals surface area contributed by atoms with E-state index in [1.165, 1.54) is 0 Å². The van der Waals surface area contributed by atoms with Crippen LogP contribution in [0, 0.1) is 0 Å². The van der Waals surface area contributed by atoms with Crippen molar-refractivity contribution in [2.45, 2.75) is 25.0 Å². The van der Waals surface area contributed by atoms with Gasteiger partial charge in [0.1, 0.15) is 0 Å². The summed E-state index contributed by atoms with van der Waals surface area (Å²) >= 11 is 0. The first kappa shape index (κ1) is 21.0. The van der Waals surface area contributed by atoms with Crippen LogP contribution in [0.3, 0.4) is 0 Å². The van der Waals surface area contributed by atoms with E-state index in [-0.39, 0.29) is 24.9 Å². The molecule has 2 rings (SSSR count). The van der Waals surface area contributed by atoms with Crippen molar-refractivity contribution in [3.8, 4) is 11.5 Å². The average molecular weight is 379 g/mol. The molecule has 0 saturated carbocycles. The number of piperidine rings is 1. The van der Waals surface area contributed by atoms with Crippen LogP contribution in [0.15, 0.2) is 18.2 Å². The number of aliphatic hydroxyl groups is 1. The van der Waals surface area contributed by atoms with E-state index in [1.807, 2.05) is 12.1 Å². The molecule has 0 unspecified atom stereocenters. The van der Waals surface area contributed by atoms with Gasteiger partial charge in [-0.3, -0.25) is 14.5 Å². The summed E-state index contributed by atoms with van der Waals surface area (Å²) < 4.78 is 10.8. The molecule has 8 heteroatoms. The molecule has 1 heterocycles. The van der Waals surface area contributed by atoms with Gasteiger partial charge in [-0.1, -0.05) is 12.1 Å². The first-order valence-electron chi connectivity index (χ1n) is 8.95. The standard InChI is InChI=1S/C19H29N3O5/c1-20-16(23)12-21(2)13-19(25)9-6-10-22(18(19)24)11-14-7-5-8-15(26-3)17(14)27-4/h5,7-8,25H,6,9-13H2,1-4H3,(H,20,23)/t19-/m0/s1. The molecule has 1 fully saturated rings. The molecule has 1 aliphatic heterocycles. The minimum absolute atomic E-state index is 0.102. The molecule has 1 aromatic rings. The molecular formula is C19H29N3O5. The molecule has 0 aromatic heterocycles. The van der Waals surface area contributed by atoms with Crippen molar-refractivity contribution >= 4 is 11.8 Å². The summed E-state index contributed by atoms with van der Waals surface area (Å²) in [5.41, 5.74) is -0.694. The Labute approximate surface area is 160 Å². The van der Waals surface area contributed by atoms with E-state index in [9.17, 15) is 14.7 Å². The van der Waals surface area contributed by atoms with Gasteiger partial charge >= 0.3 is 0 Å². The highest BCUT2D eigenvalue weighted by molar-refractivity contribution is 5.86. The number of ether oxygens (including phenoxy) is 2. The highest BCUT2D eigenvalue weighted by Gasteiger charge is 2.43. The van der Waals surface area contributed by atoms with Crippen LogP contribution < -0.4 is 14.8 Å². The molecule has 2 amide bonds. The molecule has 0 radical (unpaired) electrons. The molecule has 1 aliphatic rings. The van der Waals surface area contributed by atoms with Crippen molar-refractivity contribution < 1.29 is 24.2 Å². The van der Waals surface area contributed by atoms with E-state index >= 15 is 0 Å². The highest BCUT2D eigenvalue weighted by atomic mass is 16.5. The zero-order valence-corrected chi connectivity index (χ0v) is 16.4. The number of hydrogen-bond donors (Lipinski definition) is 2. The summed E-state index contributed by atoms with van der Waals surface area (Å²) in [6.07, 6.45) is 1.05. The molecule has 0 aliphatic carbocycles. The van der Waals surface area contributed by atoms with Crippen molar-refractivity contribution in [2.75, 3.05) is 47.9 Å². The van der Waals surface area contributed by atoms with Gasteiger partial charge < -0.3 is 24.8 Å². The zero-order chi connectivity index (χ0) is 20.0. The number of rotatable bonds is 8. The molecule has 1 atom stereocenters. The number of para-hydroxylation sites is 1. The predicted molar refractivity (Wildman–Crippen MR) is 101 cm³/mol. The number of benzene rings is 1. The topological polar surface area (TPSA) is 91.3 Å². The second kappa shape index (κ2) is 9.05. The van der Waals surface area contributed by atoms with Gasteiger partial charge in [0.15, 0.2) is 17.1 Å². The van der Waals surface area contributed by atoms with Crippen molar-refractivity contribution in [1.29, 1.82) is 0 Å². The molecule has 150 valence electrons. The Kier molecular flexibility index (Phi) is 7.04. The maximum atomic E-state index is 13.0. The minimum Gasteiger partial charge on any atom is -0.493 e. The van der Waals surface area contributed by atoms with E-state index in [2.05, 4.69) is 5.32 Å². The second-order valence-corrected chi connectivity index (χ2v) is 6.86. The average Bonchev–Trinajstić information content (AvgIpc) is 2.64. The van der Waals surface area contributed by atoms with E-state index in [0.717, 1.165) is 5.56 Å². The van der Waals surface area contributed by atoms with Gasteiger partial charge in [0.05, 0.1) is 20.8 Å². The Morgan fingerprint density at radius 2 is 2.11 bits per heavy atom. The number of likely N-dealkylation sites (tertiary alicyclic amines) is 1. The number of carbonyl (C=O) groups excluding carboxylic acids is 2. The summed E-state index contributed by atoms with van der Waals surface area (Å²) in [6.45, 7) is 1.10.